The number of thioether (sulfide) groups is 1. The molecule has 2 aromatic carbocycles. The van der Waals surface area contributed by atoms with Crippen LogP contribution in [0.25, 0.3) is 0 Å². The molecular weight excluding hydrogens is 455 g/mol. The zero-order valence-electron chi connectivity index (χ0n) is 18.5. The van der Waals surface area contributed by atoms with Crippen LogP contribution in [0.3, 0.4) is 0 Å². The van der Waals surface area contributed by atoms with Crippen LogP contribution in [-0.2, 0) is 0 Å². The second-order valence-corrected chi connectivity index (χ2v) is 10.2. The normalized spacial score (nSPS) is 14.0. The van der Waals surface area contributed by atoms with Gasteiger partial charge in [0.1, 0.15) is 0 Å². The molecule has 0 aliphatic carbocycles. The summed E-state index contributed by atoms with van der Waals surface area (Å²) in [4.78, 5) is 13.3. The first-order chi connectivity index (χ1) is 15.0. The molecular formula is C25H27ClF3NOS. The Hall–Kier alpha value is -2.10. The molecule has 2 rings (SSSR count). The maximum absolute atomic E-state index is 13.4. The van der Waals surface area contributed by atoms with Crippen LogP contribution in [0.5, 0.6) is 0 Å². The number of benzene rings is 2. The van der Waals surface area contributed by atoms with E-state index in [1.165, 1.54) is 6.07 Å². The molecule has 0 saturated heterocycles. The van der Waals surface area contributed by atoms with Crippen LogP contribution in [0.1, 0.15) is 50.9 Å². The molecule has 3 unspecified atom stereocenters. The Morgan fingerprint density at radius 2 is 1.72 bits per heavy atom. The van der Waals surface area contributed by atoms with Gasteiger partial charge in [0.2, 0.25) is 0 Å². The topological polar surface area (TPSA) is 29.1 Å². The summed E-state index contributed by atoms with van der Waals surface area (Å²) < 4.78 is 40.0. The smallest absolute Gasteiger partial charge is 0.255 e. The standard InChI is InChI=1S/C25H27ClF3NOS/c1-6-15(4)10-18(9-14(2)3)16(5)32-23-11-17(7-8-20(23)26)25(31)30-19-12-21(27)24(29)22(28)13-19/h1,7-8,11-16,18H,9-10H2,2-5H3,(H,30,31). The van der Waals surface area contributed by atoms with Crippen LogP contribution in [0.4, 0.5) is 18.9 Å². The van der Waals surface area contributed by atoms with Crippen molar-refractivity contribution in [2.45, 2.75) is 50.7 Å². The second-order valence-electron chi connectivity index (χ2n) is 8.37. The summed E-state index contributed by atoms with van der Waals surface area (Å²) in [6.45, 7) is 8.49. The van der Waals surface area contributed by atoms with Gasteiger partial charge in [-0.3, -0.25) is 4.79 Å². The van der Waals surface area contributed by atoms with E-state index >= 15 is 0 Å². The van der Waals surface area contributed by atoms with Crippen molar-refractivity contribution in [2.24, 2.45) is 17.8 Å². The summed E-state index contributed by atoms with van der Waals surface area (Å²) in [5.74, 6) is -1.09. The molecule has 1 N–H and O–H groups in total. The van der Waals surface area contributed by atoms with E-state index in [2.05, 4.69) is 32.0 Å². The highest BCUT2D eigenvalue weighted by Crippen LogP contribution is 2.38. The van der Waals surface area contributed by atoms with Gasteiger partial charge in [0.15, 0.2) is 17.5 Å². The molecule has 2 aromatic rings. The molecule has 0 saturated carbocycles. The van der Waals surface area contributed by atoms with E-state index in [4.69, 9.17) is 18.0 Å². The lowest BCUT2D eigenvalue weighted by molar-refractivity contribution is 0.102. The molecule has 0 spiro atoms. The summed E-state index contributed by atoms with van der Waals surface area (Å²) in [5.41, 5.74) is 0.0934. The quantitative estimate of drug-likeness (QED) is 0.225. The lowest BCUT2D eigenvalue weighted by Gasteiger charge is -2.27. The van der Waals surface area contributed by atoms with Gasteiger partial charge in [-0.15, -0.1) is 24.1 Å². The summed E-state index contributed by atoms with van der Waals surface area (Å²) in [6, 6.07) is 6.24. The van der Waals surface area contributed by atoms with Gasteiger partial charge < -0.3 is 5.32 Å². The van der Waals surface area contributed by atoms with E-state index in [1.807, 2.05) is 6.92 Å². The number of rotatable bonds is 9. The van der Waals surface area contributed by atoms with E-state index in [0.29, 0.717) is 16.9 Å². The number of carbonyl (C=O) groups excluding carboxylic acids is 1. The Morgan fingerprint density at radius 1 is 1.09 bits per heavy atom. The third kappa shape index (κ3) is 7.21. The number of carbonyl (C=O) groups is 1. The molecule has 0 aromatic heterocycles. The Balaban J connectivity index is 2.20. The fraction of sp³-hybridized carbons (Fsp3) is 0.400. The zero-order valence-corrected chi connectivity index (χ0v) is 20.1. The first-order valence-corrected chi connectivity index (χ1v) is 11.7. The molecule has 3 atom stereocenters. The zero-order chi connectivity index (χ0) is 24.0. The number of hydrogen-bond acceptors (Lipinski definition) is 2. The second kappa shape index (κ2) is 11.7. The number of halogens is 4. The third-order valence-corrected chi connectivity index (χ3v) is 6.92. The van der Waals surface area contributed by atoms with Gasteiger partial charge in [-0.1, -0.05) is 39.3 Å². The highest BCUT2D eigenvalue weighted by atomic mass is 35.5. The number of terminal acetylenes is 1. The maximum atomic E-state index is 13.4. The first kappa shape index (κ1) is 26.2. The van der Waals surface area contributed by atoms with Gasteiger partial charge in [-0.2, -0.15) is 0 Å². The van der Waals surface area contributed by atoms with E-state index in [-0.39, 0.29) is 22.4 Å². The van der Waals surface area contributed by atoms with Crippen molar-refractivity contribution in [3.05, 3.63) is 58.4 Å². The SMILES string of the molecule is C#CC(C)CC(CC(C)C)C(C)Sc1cc(C(=O)Nc2cc(F)c(F)c(F)c2)ccc1Cl. The largest absolute Gasteiger partial charge is 0.322 e. The van der Waals surface area contributed by atoms with E-state index in [9.17, 15) is 18.0 Å². The van der Waals surface area contributed by atoms with Crippen LogP contribution < -0.4 is 5.32 Å². The minimum atomic E-state index is -1.59. The summed E-state index contributed by atoms with van der Waals surface area (Å²) >= 11 is 7.95. The fourth-order valence-electron chi connectivity index (χ4n) is 3.47. The predicted octanol–water partition coefficient (Wildman–Crippen LogP) is 7.81. The molecule has 0 fully saturated rings. The Kier molecular flexibility index (Phi) is 9.54. The molecule has 0 aliphatic rings. The van der Waals surface area contributed by atoms with Crippen LogP contribution in [0.2, 0.25) is 5.02 Å². The Morgan fingerprint density at radius 3 is 2.28 bits per heavy atom. The Labute approximate surface area is 197 Å². The molecule has 0 bridgehead atoms. The van der Waals surface area contributed by atoms with Gasteiger partial charge in [0.25, 0.3) is 5.91 Å². The number of anilines is 1. The monoisotopic (exact) mass is 481 g/mol. The number of amides is 1. The summed E-state index contributed by atoms with van der Waals surface area (Å²) in [5, 5.41) is 3.09. The van der Waals surface area contributed by atoms with Crippen LogP contribution in [-0.4, -0.2) is 11.2 Å². The molecule has 32 heavy (non-hydrogen) atoms. The van der Waals surface area contributed by atoms with Gasteiger partial charge in [0.05, 0.1) is 5.02 Å². The van der Waals surface area contributed by atoms with Crippen LogP contribution in [0, 0.1) is 47.5 Å². The highest BCUT2D eigenvalue weighted by molar-refractivity contribution is 8.00. The van der Waals surface area contributed by atoms with Crippen LogP contribution in [0.15, 0.2) is 35.2 Å². The van der Waals surface area contributed by atoms with Gasteiger partial charge in [0, 0.05) is 39.4 Å². The first-order valence-electron chi connectivity index (χ1n) is 10.4. The van der Waals surface area contributed by atoms with Gasteiger partial charge in [-0.25, -0.2) is 13.2 Å². The Bertz CT molecular complexity index is 982. The van der Waals surface area contributed by atoms with E-state index in [1.54, 1.807) is 23.9 Å². The van der Waals surface area contributed by atoms with Crippen molar-refractivity contribution in [1.29, 1.82) is 0 Å². The molecule has 172 valence electrons. The van der Waals surface area contributed by atoms with Crippen molar-refractivity contribution >= 4 is 35.0 Å². The molecule has 2 nitrogen and oxygen atoms in total. The summed E-state index contributed by atoms with van der Waals surface area (Å²) in [7, 11) is 0. The fourth-order valence-corrected chi connectivity index (χ4v) is 4.91. The average Bonchev–Trinajstić information content (AvgIpc) is 2.72. The lowest BCUT2D eigenvalue weighted by atomic mass is 9.87. The number of hydrogen-bond donors (Lipinski definition) is 1. The average molecular weight is 482 g/mol. The van der Waals surface area contributed by atoms with Gasteiger partial charge >= 0.3 is 0 Å². The van der Waals surface area contributed by atoms with E-state index in [0.717, 1.165) is 29.9 Å². The van der Waals surface area contributed by atoms with Crippen molar-refractivity contribution in [2.75, 3.05) is 5.32 Å². The van der Waals surface area contributed by atoms with Gasteiger partial charge in [-0.05, 0) is 42.9 Å². The maximum Gasteiger partial charge on any atom is 0.255 e. The molecule has 0 radical (unpaired) electrons. The van der Waals surface area contributed by atoms with Crippen molar-refractivity contribution < 1.29 is 18.0 Å². The highest BCUT2D eigenvalue weighted by Gasteiger charge is 2.23. The third-order valence-electron chi connectivity index (χ3n) is 5.13. The van der Waals surface area contributed by atoms with Crippen molar-refractivity contribution in [3.8, 4) is 12.3 Å². The minimum Gasteiger partial charge on any atom is -0.322 e. The van der Waals surface area contributed by atoms with Crippen molar-refractivity contribution in [3.63, 3.8) is 0 Å². The molecule has 0 heterocycles. The lowest BCUT2D eigenvalue weighted by Crippen LogP contribution is -2.19. The summed E-state index contributed by atoms with van der Waals surface area (Å²) in [6.07, 6.45) is 7.49. The minimum absolute atomic E-state index is 0.158. The van der Waals surface area contributed by atoms with E-state index < -0.39 is 23.4 Å². The number of nitrogens with one attached hydrogen (secondary N) is 1. The molecule has 0 aliphatic heterocycles. The van der Waals surface area contributed by atoms with Crippen LogP contribution >= 0.6 is 23.4 Å². The molecule has 1 amide bonds. The molecule has 7 heteroatoms. The predicted molar refractivity (Wildman–Crippen MR) is 127 cm³/mol. The van der Waals surface area contributed by atoms with Crippen molar-refractivity contribution in [1.82, 2.24) is 0 Å².